The first-order valence-electron chi connectivity index (χ1n) is 8.74. The Hall–Kier alpha value is -0.610. The van der Waals surface area contributed by atoms with Crippen molar-refractivity contribution in [1.82, 2.24) is 15.5 Å². The van der Waals surface area contributed by atoms with Crippen LogP contribution in [0.1, 0.15) is 53.9 Å². The van der Waals surface area contributed by atoms with E-state index >= 15 is 0 Å². The van der Waals surface area contributed by atoms with Gasteiger partial charge in [0.25, 0.3) is 0 Å². The van der Waals surface area contributed by atoms with E-state index in [0.29, 0.717) is 17.9 Å². The average molecular weight is 297 g/mol. The molecule has 21 heavy (non-hydrogen) atoms. The minimum atomic E-state index is -0.00575. The lowest BCUT2D eigenvalue weighted by Crippen LogP contribution is -2.55. The number of carbonyl (C=O) groups excluding carboxylic acids is 1. The molecule has 1 rings (SSSR count). The van der Waals surface area contributed by atoms with Crippen molar-refractivity contribution in [1.29, 1.82) is 0 Å². The van der Waals surface area contributed by atoms with Crippen LogP contribution in [-0.4, -0.2) is 49.1 Å². The van der Waals surface area contributed by atoms with Crippen LogP contribution < -0.4 is 10.6 Å². The molecular formula is C17H35N3O. The zero-order valence-corrected chi connectivity index (χ0v) is 14.6. The smallest absolute Gasteiger partial charge is 0.237 e. The van der Waals surface area contributed by atoms with Gasteiger partial charge in [0.2, 0.25) is 5.91 Å². The third kappa shape index (κ3) is 5.95. The van der Waals surface area contributed by atoms with Gasteiger partial charge in [-0.25, -0.2) is 0 Å². The van der Waals surface area contributed by atoms with Crippen LogP contribution in [0.15, 0.2) is 0 Å². The second-order valence-electron chi connectivity index (χ2n) is 6.77. The molecule has 0 aliphatic carbocycles. The fourth-order valence-corrected chi connectivity index (χ4v) is 3.15. The van der Waals surface area contributed by atoms with Crippen LogP contribution in [0.2, 0.25) is 0 Å². The van der Waals surface area contributed by atoms with Gasteiger partial charge in [-0.3, -0.25) is 9.69 Å². The maximum Gasteiger partial charge on any atom is 0.237 e. The Bertz CT molecular complexity index is 306. The summed E-state index contributed by atoms with van der Waals surface area (Å²) in [5, 5.41) is 6.68. The second-order valence-corrected chi connectivity index (χ2v) is 6.77. The third-order valence-electron chi connectivity index (χ3n) is 4.70. The van der Waals surface area contributed by atoms with Crippen LogP contribution >= 0.6 is 0 Å². The first-order chi connectivity index (χ1) is 9.99. The summed E-state index contributed by atoms with van der Waals surface area (Å²) in [7, 11) is 0. The fraction of sp³-hybridized carbons (Fsp3) is 0.941. The normalized spacial score (nSPS) is 25.0. The number of piperidine rings is 1. The van der Waals surface area contributed by atoms with Gasteiger partial charge < -0.3 is 10.6 Å². The lowest BCUT2D eigenvalue weighted by atomic mass is 9.89. The molecule has 0 radical (unpaired) electrons. The van der Waals surface area contributed by atoms with Crippen molar-refractivity contribution < 1.29 is 4.79 Å². The SMILES string of the molecule is CCNC1CCN(C(C)C(=O)NCCC(C)C)CC1CC. The largest absolute Gasteiger partial charge is 0.355 e. The second kappa shape index (κ2) is 9.42. The summed E-state index contributed by atoms with van der Waals surface area (Å²) in [6.45, 7) is 14.7. The molecule has 4 heteroatoms. The first-order valence-corrected chi connectivity index (χ1v) is 8.74. The molecule has 1 heterocycles. The van der Waals surface area contributed by atoms with Crippen LogP contribution in [0.3, 0.4) is 0 Å². The third-order valence-corrected chi connectivity index (χ3v) is 4.70. The Morgan fingerprint density at radius 2 is 2.00 bits per heavy atom. The fourth-order valence-electron chi connectivity index (χ4n) is 3.15. The zero-order valence-electron chi connectivity index (χ0n) is 14.6. The Morgan fingerprint density at radius 1 is 1.29 bits per heavy atom. The van der Waals surface area contributed by atoms with Gasteiger partial charge in [-0.1, -0.05) is 34.1 Å². The summed E-state index contributed by atoms with van der Waals surface area (Å²) >= 11 is 0. The lowest BCUT2D eigenvalue weighted by Gasteiger charge is -2.41. The summed E-state index contributed by atoms with van der Waals surface area (Å²) in [4.78, 5) is 14.6. The van der Waals surface area contributed by atoms with Gasteiger partial charge in [-0.15, -0.1) is 0 Å². The molecule has 124 valence electrons. The lowest BCUT2D eigenvalue weighted by molar-refractivity contribution is -0.126. The van der Waals surface area contributed by atoms with Crippen molar-refractivity contribution in [2.75, 3.05) is 26.2 Å². The number of nitrogens with zero attached hydrogens (tertiary/aromatic N) is 1. The number of carbonyl (C=O) groups is 1. The molecule has 0 aromatic carbocycles. The summed E-state index contributed by atoms with van der Waals surface area (Å²) in [6.07, 6.45) is 3.38. The highest BCUT2D eigenvalue weighted by Gasteiger charge is 2.31. The Labute approximate surface area is 131 Å². The number of likely N-dealkylation sites (tertiary alicyclic amines) is 1. The first kappa shape index (κ1) is 18.4. The Morgan fingerprint density at radius 3 is 2.57 bits per heavy atom. The Kier molecular flexibility index (Phi) is 8.27. The summed E-state index contributed by atoms with van der Waals surface area (Å²) < 4.78 is 0. The highest BCUT2D eigenvalue weighted by molar-refractivity contribution is 5.81. The molecule has 3 unspecified atom stereocenters. The van der Waals surface area contributed by atoms with Gasteiger partial charge >= 0.3 is 0 Å². The minimum absolute atomic E-state index is 0.00575. The van der Waals surface area contributed by atoms with E-state index in [1.165, 1.54) is 6.42 Å². The van der Waals surface area contributed by atoms with Crippen molar-refractivity contribution in [2.45, 2.75) is 66.0 Å². The van der Waals surface area contributed by atoms with Crippen LogP contribution in [0.25, 0.3) is 0 Å². The number of amides is 1. The quantitative estimate of drug-likeness (QED) is 0.722. The number of rotatable bonds is 8. The maximum atomic E-state index is 12.3. The Balaban J connectivity index is 2.44. The van der Waals surface area contributed by atoms with E-state index in [0.717, 1.165) is 39.0 Å². The number of nitrogens with one attached hydrogen (secondary N) is 2. The standard InChI is InChI=1S/C17H35N3O/c1-6-15-12-20(11-9-16(15)18-7-2)14(5)17(21)19-10-8-13(3)4/h13-16,18H,6-12H2,1-5H3,(H,19,21). The van der Waals surface area contributed by atoms with E-state index in [9.17, 15) is 4.79 Å². The molecule has 0 aromatic rings. The zero-order chi connectivity index (χ0) is 15.8. The number of hydrogen-bond acceptors (Lipinski definition) is 3. The van der Waals surface area contributed by atoms with Crippen molar-refractivity contribution >= 4 is 5.91 Å². The molecule has 1 aliphatic rings. The van der Waals surface area contributed by atoms with Gasteiger partial charge in [-0.05, 0) is 38.1 Å². The predicted molar refractivity (Wildman–Crippen MR) is 89.4 cm³/mol. The van der Waals surface area contributed by atoms with E-state index in [4.69, 9.17) is 0 Å². The van der Waals surface area contributed by atoms with Crippen molar-refractivity contribution in [3.8, 4) is 0 Å². The van der Waals surface area contributed by atoms with E-state index in [-0.39, 0.29) is 11.9 Å². The van der Waals surface area contributed by atoms with Crippen molar-refractivity contribution in [3.05, 3.63) is 0 Å². The molecule has 1 aliphatic heterocycles. The van der Waals surface area contributed by atoms with Crippen molar-refractivity contribution in [3.63, 3.8) is 0 Å². The highest BCUT2D eigenvalue weighted by atomic mass is 16.2. The van der Waals surface area contributed by atoms with Crippen molar-refractivity contribution in [2.24, 2.45) is 11.8 Å². The van der Waals surface area contributed by atoms with Gasteiger partial charge in [0.1, 0.15) is 0 Å². The predicted octanol–water partition coefficient (Wildman–Crippen LogP) is 2.25. The summed E-state index contributed by atoms with van der Waals surface area (Å²) in [5.74, 6) is 1.48. The van der Waals surface area contributed by atoms with E-state index < -0.39 is 0 Å². The molecule has 0 spiro atoms. The van der Waals surface area contributed by atoms with Crippen LogP contribution in [0.5, 0.6) is 0 Å². The maximum absolute atomic E-state index is 12.3. The van der Waals surface area contributed by atoms with Gasteiger partial charge in [0.15, 0.2) is 0 Å². The topological polar surface area (TPSA) is 44.4 Å². The van der Waals surface area contributed by atoms with Gasteiger partial charge in [-0.2, -0.15) is 0 Å². The average Bonchev–Trinajstić information content (AvgIpc) is 2.46. The molecule has 3 atom stereocenters. The van der Waals surface area contributed by atoms with Gasteiger partial charge in [0, 0.05) is 25.7 Å². The molecule has 0 bridgehead atoms. The molecule has 4 nitrogen and oxygen atoms in total. The van der Waals surface area contributed by atoms with Crippen LogP contribution in [0, 0.1) is 11.8 Å². The molecular weight excluding hydrogens is 262 g/mol. The summed E-state index contributed by atoms with van der Waals surface area (Å²) in [5.41, 5.74) is 0. The summed E-state index contributed by atoms with van der Waals surface area (Å²) in [6, 6.07) is 0.612. The highest BCUT2D eigenvalue weighted by Crippen LogP contribution is 2.22. The van der Waals surface area contributed by atoms with Crippen LogP contribution in [-0.2, 0) is 4.79 Å². The molecule has 0 aromatic heterocycles. The van der Waals surface area contributed by atoms with E-state index in [2.05, 4.69) is 43.2 Å². The number of hydrogen-bond donors (Lipinski definition) is 2. The minimum Gasteiger partial charge on any atom is -0.355 e. The molecule has 2 N–H and O–H groups in total. The van der Waals surface area contributed by atoms with Crippen LogP contribution in [0.4, 0.5) is 0 Å². The molecule has 1 saturated heterocycles. The van der Waals surface area contributed by atoms with E-state index in [1.54, 1.807) is 0 Å². The monoisotopic (exact) mass is 297 g/mol. The van der Waals surface area contributed by atoms with Gasteiger partial charge in [0.05, 0.1) is 6.04 Å². The molecule has 1 amide bonds. The molecule has 0 saturated carbocycles. The van der Waals surface area contributed by atoms with E-state index in [1.807, 2.05) is 6.92 Å². The molecule has 1 fully saturated rings.